The van der Waals surface area contributed by atoms with Crippen LogP contribution in [0.3, 0.4) is 0 Å². The van der Waals surface area contributed by atoms with Crippen LogP contribution in [0.4, 0.5) is 11.4 Å². The van der Waals surface area contributed by atoms with Gasteiger partial charge in [-0.2, -0.15) is 0 Å². The van der Waals surface area contributed by atoms with E-state index in [2.05, 4.69) is 10.3 Å². The number of rotatable bonds is 3. The zero-order valence-electron chi connectivity index (χ0n) is 14.1. The molecule has 2 amide bonds. The number of amides is 2. The van der Waals surface area contributed by atoms with E-state index in [1.54, 1.807) is 16.2 Å². The van der Waals surface area contributed by atoms with Gasteiger partial charge in [-0.15, -0.1) is 11.3 Å². The molecule has 0 saturated carbocycles. The number of hydrogen-bond acceptors (Lipinski definition) is 5. The molecule has 3 aromatic rings. The number of benzene rings is 2. The van der Waals surface area contributed by atoms with Crippen LogP contribution in [-0.2, 0) is 9.59 Å². The van der Waals surface area contributed by atoms with E-state index < -0.39 is 0 Å². The van der Waals surface area contributed by atoms with Crippen molar-refractivity contribution in [3.8, 4) is 0 Å². The molecule has 5 nitrogen and oxygen atoms in total. The van der Waals surface area contributed by atoms with Gasteiger partial charge in [0.1, 0.15) is 0 Å². The molecule has 132 valence electrons. The molecule has 2 heterocycles. The Morgan fingerprint density at radius 1 is 1.27 bits per heavy atom. The number of carbonyl (C=O) groups is 2. The zero-order valence-corrected chi connectivity index (χ0v) is 15.8. The summed E-state index contributed by atoms with van der Waals surface area (Å²) >= 11 is 3.03. The van der Waals surface area contributed by atoms with Gasteiger partial charge in [0.05, 0.1) is 27.3 Å². The topological polar surface area (TPSA) is 62.3 Å². The second-order valence-electron chi connectivity index (χ2n) is 6.12. The fraction of sp³-hybridized carbons (Fsp3) is 0.211. The van der Waals surface area contributed by atoms with Gasteiger partial charge in [-0.05, 0) is 31.2 Å². The first kappa shape index (κ1) is 17.1. The van der Waals surface area contributed by atoms with E-state index in [0.29, 0.717) is 5.69 Å². The molecular weight excluding hydrogens is 366 g/mol. The van der Waals surface area contributed by atoms with Crippen LogP contribution in [0.25, 0.3) is 10.2 Å². The van der Waals surface area contributed by atoms with Crippen molar-refractivity contribution in [3.05, 3.63) is 48.5 Å². The number of thiazole rings is 1. The largest absolute Gasteiger partial charge is 0.324 e. The number of carbonyl (C=O) groups excluding carboxylic acids is 2. The fourth-order valence-electron chi connectivity index (χ4n) is 3.07. The van der Waals surface area contributed by atoms with Crippen molar-refractivity contribution in [2.45, 2.75) is 23.7 Å². The van der Waals surface area contributed by atoms with Crippen molar-refractivity contribution in [3.63, 3.8) is 0 Å². The van der Waals surface area contributed by atoms with Gasteiger partial charge in [-0.1, -0.05) is 36.0 Å². The van der Waals surface area contributed by atoms with Crippen LogP contribution < -0.4 is 10.2 Å². The minimum absolute atomic E-state index is 0.0225. The number of hydrogen-bond donors (Lipinski definition) is 1. The van der Waals surface area contributed by atoms with Crippen LogP contribution >= 0.6 is 23.1 Å². The monoisotopic (exact) mass is 383 g/mol. The number of anilines is 2. The van der Waals surface area contributed by atoms with Gasteiger partial charge in [0, 0.05) is 12.5 Å². The van der Waals surface area contributed by atoms with E-state index >= 15 is 0 Å². The van der Waals surface area contributed by atoms with E-state index in [1.165, 1.54) is 11.8 Å². The van der Waals surface area contributed by atoms with Crippen molar-refractivity contribution in [1.29, 1.82) is 0 Å². The summed E-state index contributed by atoms with van der Waals surface area (Å²) in [4.78, 5) is 31.3. The molecule has 2 aromatic carbocycles. The van der Waals surface area contributed by atoms with E-state index in [9.17, 15) is 9.59 Å². The maximum atomic E-state index is 13.0. The Morgan fingerprint density at radius 2 is 2.04 bits per heavy atom. The Kier molecular flexibility index (Phi) is 4.65. The maximum Gasteiger partial charge on any atom is 0.237 e. The molecule has 1 aromatic heterocycles. The van der Waals surface area contributed by atoms with Crippen molar-refractivity contribution in [2.75, 3.05) is 16.0 Å². The van der Waals surface area contributed by atoms with E-state index in [0.717, 1.165) is 20.2 Å². The second kappa shape index (κ2) is 7.09. The molecule has 1 atom stereocenters. The number of fused-ring (bicyclic) bond motifs is 2. The molecule has 1 aliphatic heterocycles. The molecular formula is C19H17N3O2S2. The average Bonchev–Trinajstić information content (AvgIpc) is 2.98. The lowest BCUT2D eigenvalue weighted by Gasteiger charge is -2.27. The fourth-order valence-corrected chi connectivity index (χ4v) is 5.00. The highest BCUT2D eigenvalue weighted by atomic mass is 32.2. The predicted molar refractivity (Wildman–Crippen MR) is 107 cm³/mol. The molecule has 0 radical (unpaired) electrons. The molecule has 7 heteroatoms. The first-order chi connectivity index (χ1) is 12.6. The molecule has 0 bridgehead atoms. The number of nitrogens with zero attached hydrogens (tertiary/aromatic N) is 2. The highest BCUT2D eigenvalue weighted by Crippen LogP contribution is 2.33. The van der Waals surface area contributed by atoms with Crippen LogP contribution in [0, 0.1) is 0 Å². The number of para-hydroxylation sites is 3. The van der Waals surface area contributed by atoms with Gasteiger partial charge in [0.25, 0.3) is 0 Å². The van der Waals surface area contributed by atoms with E-state index in [1.807, 2.05) is 55.5 Å². The molecule has 1 N–H and O–H groups in total. The van der Waals surface area contributed by atoms with Crippen molar-refractivity contribution >= 4 is 56.5 Å². The number of aromatic nitrogens is 1. The quantitative estimate of drug-likeness (QED) is 0.690. The Bertz CT molecular complexity index is 953. The van der Waals surface area contributed by atoms with Gasteiger partial charge >= 0.3 is 0 Å². The lowest BCUT2D eigenvalue weighted by Crippen LogP contribution is -2.40. The van der Waals surface area contributed by atoms with Gasteiger partial charge in [-0.3, -0.25) is 9.59 Å². The molecule has 0 saturated heterocycles. The van der Waals surface area contributed by atoms with Gasteiger partial charge < -0.3 is 10.2 Å². The number of nitrogens with one attached hydrogen (secondary N) is 1. The van der Waals surface area contributed by atoms with Gasteiger partial charge in [0.15, 0.2) is 4.34 Å². The third-order valence-electron chi connectivity index (χ3n) is 4.22. The molecule has 26 heavy (non-hydrogen) atoms. The van der Waals surface area contributed by atoms with E-state index in [-0.39, 0.29) is 30.0 Å². The van der Waals surface area contributed by atoms with Crippen LogP contribution in [0.1, 0.15) is 13.3 Å². The molecule has 0 spiro atoms. The first-order valence-electron chi connectivity index (χ1n) is 8.31. The van der Waals surface area contributed by atoms with Crippen LogP contribution in [0.2, 0.25) is 0 Å². The van der Waals surface area contributed by atoms with E-state index in [4.69, 9.17) is 0 Å². The van der Waals surface area contributed by atoms with Gasteiger partial charge in [0.2, 0.25) is 11.8 Å². The van der Waals surface area contributed by atoms with Crippen molar-refractivity contribution in [2.24, 2.45) is 0 Å². The third-order valence-corrected chi connectivity index (χ3v) is 6.39. The first-order valence-corrected chi connectivity index (χ1v) is 10.1. The minimum atomic E-state index is -0.192. The Labute approximate surface area is 159 Å². The summed E-state index contributed by atoms with van der Waals surface area (Å²) in [6.45, 7) is 1.90. The molecule has 0 aliphatic carbocycles. The van der Waals surface area contributed by atoms with Crippen molar-refractivity contribution in [1.82, 2.24) is 4.98 Å². The minimum Gasteiger partial charge on any atom is -0.324 e. The summed E-state index contributed by atoms with van der Waals surface area (Å²) < 4.78 is 2.00. The highest BCUT2D eigenvalue weighted by Gasteiger charge is 2.29. The Morgan fingerprint density at radius 3 is 2.88 bits per heavy atom. The summed E-state index contributed by atoms with van der Waals surface area (Å²) in [6, 6.07) is 15.2. The van der Waals surface area contributed by atoms with Crippen LogP contribution in [0.5, 0.6) is 0 Å². The summed E-state index contributed by atoms with van der Waals surface area (Å²) in [5.74, 6) is 0.192. The predicted octanol–water partition coefficient (Wildman–Crippen LogP) is 4.15. The zero-order chi connectivity index (χ0) is 18.1. The standard InChI is InChI=1S/C19H17N3O2S2/c1-12-10-17(23)20-13-6-2-4-8-15(13)22(12)18(24)11-25-19-21-14-7-3-5-9-16(14)26-19/h2-9,12H,10-11H2,1H3,(H,20,23)/t12-/m1/s1. The summed E-state index contributed by atoms with van der Waals surface area (Å²) in [5, 5.41) is 2.88. The smallest absolute Gasteiger partial charge is 0.237 e. The Hall–Kier alpha value is -2.38. The lowest BCUT2D eigenvalue weighted by molar-refractivity contribution is -0.117. The maximum absolute atomic E-state index is 13.0. The second-order valence-corrected chi connectivity index (χ2v) is 8.37. The normalized spacial score (nSPS) is 16.9. The van der Waals surface area contributed by atoms with Crippen LogP contribution in [0.15, 0.2) is 52.9 Å². The summed E-state index contributed by atoms with van der Waals surface area (Å²) in [6.07, 6.45) is 0.284. The highest BCUT2D eigenvalue weighted by molar-refractivity contribution is 8.01. The number of thioether (sulfide) groups is 1. The lowest BCUT2D eigenvalue weighted by atomic mass is 10.2. The molecule has 0 fully saturated rings. The average molecular weight is 383 g/mol. The Balaban J connectivity index is 1.55. The SMILES string of the molecule is C[C@@H]1CC(=O)Nc2ccccc2N1C(=O)CSc1nc2ccccc2s1. The molecule has 1 aliphatic rings. The van der Waals surface area contributed by atoms with Gasteiger partial charge in [-0.25, -0.2) is 4.98 Å². The summed E-state index contributed by atoms with van der Waals surface area (Å²) in [7, 11) is 0. The summed E-state index contributed by atoms with van der Waals surface area (Å²) in [5.41, 5.74) is 2.39. The van der Waals surface area contributed by atoms with Crippen molar-refractivity contribution < 1.29 is 9.59 Å². The third kappa shape index (κ3) is 3.32. The van der Waals surface area contributed by atoms with Crippen LogP contribution in [-0.4, -0.2) is 28.6 Å². The molecule has 4 rings (SSSR count). The molecule has 0 unspecified atom stereocenters.